The van der Waals surface area contributed by atoms with E-state index < -0.39 is 0 Å². The molecule has 0 saturated carbocycles. The number of hydrogen-bond acceptors (Lipinski definition) is 3. The third-order valence-corrected chi connectivity index (χ3v) is 3.36. The Morgan fingerprint density at radius 1 is 1.28 bits per heavy atom. The molecule has 0 spiro atoms. The number of hydrogen-bond donors (Lipinski definition) is 2. The second-order valence-electron chi connectivity index (χ2n) is 6.30. The van der Waals surface area contributed by atoms with Gasteiger partial charge in [0.25, 0.3) is 0 Å². The predicted molar refractivity (Wildman–Crippen MR) is 75.0 cm³/mol. The van der Waals surface area contributed by atoms with Crippen molar-refractivity contribution in [2.24, 2.45) is 0 Å². The normalized spacial score (nSPS) is 23.0. The molecule has 1 amide bonds. The quantitative estimate of drug-likeness (QED) is 0.762. The second kappa shape index (κ2) is 5.59. The lowest BCUT2D eigenvalue weighted by molar-refractivity contribution is -0.246. The molecule has 0 atom stereocenters. The molecule has 0 radical (unpaired) electrons. The van der Waals surface area contributed by atoms with Gasteiger partial charge in [-0.15, -0.1) is 12.4 Å². The van der Waals surface area contributed by atoms with Crippen molar-refractivity contribution in [2.75, 3.05) is 0 Å². The molecular formula is C13H25ClN2O2. The first-order chi connectivity index (χ1) is 7.56. The van der Waals surface area contributed by atoms with Gasteiger partial charge in [0.15, 0.2) is 0 Å². The van der Waals surface area contributed by atoms with Crippen LogP contribution in [0.3, 0.4) is 0 Å². The summed E-state index contributed by atoms with van der Waals surface area (Å²) in [5.74, 6) is -0.104. The highest BCUT2D eigenvalue weighted by Gasteiger charge is 2.45. The molecular weight excluding hydrogens is 252 g/mol. The average molecular weight is 277 g/mol. The molecule has 1 fully saturated rings. The summed E-state index contributed by atoms with van der Waals surface area (Å²) in [5, 5.41) is 14.5. The Balaban J connectivity index is 0.00000289. The number of piperidine rings is 1. The van der Waals surface area contributed by atoms with Crippen LogP contribution in [0.4, 0.5) is 0 Å². The van der Waals surface area contributed by atoms with E-state index >= 15 is 0 Å². The molecule has 1 aliphatic heterocycles. The lowest BCUT2D eigenvalue weighted by Gasteiger charge is -2.51. The van der Waals surface area contributed by atoms with Crippen LogP contribution in [0.5, 0.6) is 0 Å². The molecule has 1 aliphatic rings. The van der Waals surface area contributed by atoms with E-state index in [1.165, 1.54) is 5.06 Å². The zero-order valence-corrected chi connectivity index (χ0v) is 12.7. The summed E-state index contributed by atoms with van der Waals surface area (Å²) in [6.07, 6.45) is 1.46. The Morgan fingerprint density at radius 2 is 1.67 bits per heavy atom. The first kappa shape index (κ1) is 17.4. The third kappa shape index (κ3) is 3.70. The molecule has 0 aliphatic carbocycles. The van der Waals surface area contributed by atoms with Gasteiger partial charge in [0.05, 0.1) is 0 Å². The van der Waals surface area contributed by atoms with Crippen LogP contribution in [0, 0.1) is 0 Å². The Bertz CT molecular complexity index is 322. The highest BCUT2D eigenvalue weighted by atomic mass is 35.5. The first-order valence-electron chi connectivity index (χ1n) is 6.02. The topological polar surface area (TPSA) is 52.6 Å². The van der Waals surface area contributed by atoms with Gasteiger partial charge in [-0.05, 0) is 47.5 Å². The van der Waals surface area contributed by atoms with Crippen LogP contribution in [0.2, 0.25) is 0 Å². The molecule has 18 heavy (non-hydrogen) atoms. The van der Waals surface area contributed by atoms with Crippen molar-refractivity contribution in [3.63, 3.8) is 0 Å². The van der Waals surface area contributed by atoms with E-state index in [0.717, 1.165) is 12.8 Å². The second-order valence-corrected chi connectivity index (χ2v) is 6.30. The minimum Gasteiger partial charge on any atom is -0.349 e. The number of nitrogens with zero attached hydrogens (tertiary/aromatic N) is 1. The van der Waals surface area contributed by atoms with Crippen molar-refractivity contribution < 1.29 is 10.0 Å². The van der Waals surface area contributed by atoms with Gasteiger partial charge in [-0.1, -0.05) is 6.58 Å². The van der Waals surface area contributed by atoms with E-state index in [1.54, 1.807) is 6.92 Å². The lowest BCUT2D eigenvalue weighted by atomic mass is 9.79. The van der Waals surface area contributed by atoms with Crippen LogP contribution >= 0.6 is 12.4 Å². The molecule has 0 aromatic carbocycles. The highest BCUT2D eigenvalue weighted by molar-refractivity contribution is 5.92. The van der Waals surface area contributed by atoms with Crippen molar-refractivity contribution in [3.05, 3.63) is 12.2 Å². The molecule has 4 nitrogen and oxygen atoms in total. The van der Waals surface area contributed by atoms with Crippen molar-refractivity contribution in [3.8, 4) is 0 Å². The number of amides is 1. The molecule has 1 rings (SSSR count). The van der Waals surface area contributed by atoms with Gasteiger partial charge < -0.3 is 10.5 Å². The van der Waals surface area contributed by atoms with E-state index in [2.05, 4.69) is 11.9 Å². The summed E-state index contributed by atoms with van der Waals surface area (Å²) < 4.78 is 0. The SMILES string of the molecule is C=C(C)C(=O)NC1CC(C)(C)N(O)C(C)(C)C1.Cl. The molecule has 0 aromatic heterocycles. The van der Waals surface area contributed by atoms with Crippen LogP contribution in [-0.2, 0) is 4.79 Å². The van der Waals surface area contributed by atoms with Gasteiger partial charge >= 0.3 is 0 Å². The molecule has 0 bridgehead atoms. The van der Waals surface area contributed by atoms with Gasteiger partial charge in [-0.2, -0.15) is 5.06 Å². The number of hydroxylamine groups is 2. The number of nitrogens with one attached hydrogen (secondary N) is 1. The molecule has 106 valence electrons. The molecule has 0 unspecified atom stereocenters. The van der Waals surface area contributed by atoms with Gasteiger partial charge in [0.1, 0.15) is 0 Å². The minimum atomic E-state index is -0.339. The van der Waals surface area contributed by atoms with E-state index in [-0.39, 0.29) is 35.4 Å². The highest BCUT2D eigenvalue weighted by Crippen LogP contribution is 2.36. The predicted octanol–water partition coefficient (Wildman–Crippen LogP) is 2.51. The van der Waals surface area contributed by atoms with Crippen LogP contribution in [-0.4, -0.2) is 33.3 Å². The summed E-state index contributed by atoms with van der Waals surface area (Å²) in [6, 6.07) is 0.0765. The number of carbonyl (C=O) groups excluding carboxylic acids is 1. The average Bonchev–Trinajstić information content (AvgIpc) is 2.12. The maximum absolute atomic E-state index is 11.6. The molecule has 5 heteroatoms. The number of halogens is 1. The maximum Gasteiger partial charge on any atom is 0.246 e. The van der Waals surface area contributed by atoms with E-state index in [9.17, 15) is 10.0 Å². The van der Waals surface area contributed by atoms with Crippen LogP contribution < -0.4 is 5.32 Å². The fraction of sp³-hybridized carbons (Fsp3) is 0.769. The first-order valence-corrected chi connectivity index (χ1v) is 6.02. The van der Waals surface area contributed by atoms with Crippen molar-refractivity contribution in [1.29, 1.82) is 0 Å². The molecule has 1 saturated heterocycles. The summed E-state index contributed by atoms with van der Waals surface area (Å²) in [5.41, 5.74) is -0.157. The summed E-state index contributed by atoms with van der Waals surface area (Å²) in [7, 11) is 0. The Kier molecular flexibility index (Phi) is 5.41. The number of rotatable bonds is 2. The largest absolute Gasteiger partial charge is 0.349 e. The van der Waals surface area contributed by atoms with Gasteiger partial charge in [0, 0.05) is 22.7 Å². The van der Waals surface area contributed by atoms with Crippen LogP contribution in [0.25, 0.3) is 0 Å². The van der Waals surface area contributed by atoms with Crippen LogP contribution in [0.15, 0.2) is 12.2 Å². The van der Waals surface area contributed by atoms with Crippen molar-refractivity contribution in [1.82, 2.24) is 10.4 Å². The Labute approximate surface area is 116 Å². The maximum atomic E-state index is 11.6. The summed E-state index contributed by atoms with van der Waals surface area (Å²) >= 11 is 0. The monoisotopic (exact) mass is 276 g/mol. The fourth-order valence-corrected chi connectivity index (χ4v) is 2.68. The van der Waals surface area contributed by atoms with E-state index in [4.69, 9.17) is 0 Å². The number of carbonyl (C=O) groups is 1. The minimum absolute atomic E-state index is 0. The van der Waals surface area contributed by atoms with Crippen molar-refractivity contribution >= 4 is 18.3 Å². The summed E-state index contributed by atoms with van der Waals surface area (Å²) in [6.45, 7) is 13.3. The smallest absolute Gasteiger partial charge is 0.246 e. The van der Waals surface area contributed by atoms with Gasteiger partial charge in [0.2, 0.25) is 5.91 Å². The van der Waals surface area contributed by atoms with Crippen LogP contribution in [0.1, 0.15) is 47.5 Å². The third-order valence-electron chi connectivity index (χ3n) is 3.36. The van der Waals surface area contributed by atoms with E-state index in [0.29, 0.717) is 5.57 Å². The Hall–Kier alpha value is -0.580. The molecule has 2 N–H and O–H groups in total. The standard InChI is InChI=1S/C13H24N2O2.ClH/c1-9(2)11(16)14-10-7-12(3,4)15(17)13(5,6)8-10;/h10,17H,1,7-8H2,2-6H3,(H,14,16);1H. The zero-order chi connectivity index (χ0) is 13.4. The summed E-state index contributed by atoms with van der Waals surface area (Å²) in [4.78, 5) is 11.6. The molecule has 1 heterocycles. The zero-order valence-electron chi connectivity index (χ0n) is 11.9. The van der Waals surface area contributed by atoms with Gasteiger partial charge in [-0.25, -0.2) is 0 Å². The molecule has 0 aromatic rings. The van der Waals surface area contributed by atoms with Gasteiger partial charge in [-0.3, -0.25) is 4.79 Å². The lowest BCUT2D eigenvalue weighted by Crippen LogP contribution is -2.63. The van der Waals surface area contributed by atoms with E-state index in [1.807, 2.05) is 27.7 Å². The Morgan fingerprint density at radius 3 is 2.00 bits per heavy atom. The van der Waals surface area contributed by atoms with Crippen molar-refractivity contribution in [2.45, 2.75) is 64.6 Å². The fourth-order valence-electron chi connectivity index (χ4n) is 2.68.